The predicted octanol–water partition coefficient (Wildman–Crippen LogP) is 3.14. The molecule has 1 fully saturated rings. The number of aliphatic hydroxyl groups is 1. The summed E-state index contributed by atoms with van der Waals surface area (Å²) >= 11 is 0. The molecule has 3 rings (SSSR count). The van der Waals surface area contributed by atoms with Gasteiger partial charge in [0.15, 0.2) is 0 Å². The van der Waals surface area contributed by atoms with Gasteiger partial charge in [0.2, 0.25) is 0 Å². The molecular formula is C18H22N2O. The molecule has 0 saturated heterocycles. The van der Waals surface area contributed by atoms with E-state index in [1.807, 2.05) is 24.5 Å². The average Bonchev–Trinajstić information content (AvgIpc) is 2.55. The fourth-order valence-electron chi connectivity index (χ4n) is 2.95. The van der Waals surface area contributed by atoms with Gasteiger partial charge < -0.3 is 10.4 Å². The molecule has 1 aromatic carbocycles. The summed E-state index contributed by atoms with van der Waals surface area (Å²) in [5.41, 5.74) is 3.74. The molecule has 0 atom stereocenters. The van der Waals surface area contributed by atoms with E-state index in [1.54, 1.807) is 0 Å². The Morgan fingerprint density at radius 3 is 2.52 bits per heavy atom. The van der Waals surface area contributed by atoms with Gasteiger partial charge >= 0.3 is 0 Å². The third-order valence-corrected chi connectivity index (χ3v) is 4.23. The van der Waals surface area contributed by atoms with Crippen LogP contribution in [-0.2, 0) is 6.54 Å². The zero-order valence-corrected chi connectivity index (χ0v) is 12.2. The molecule has 1 heterocycles. The van der Waals surface area contributed by atoms with Crippen molar-refractivity contribution in [2.45, 2.75) is 44.4 Å². The van der Waals surface area contributed by atoms with Crippen molar-refractivity contribution < 1.29 is 5.11 Å². The van der Waals surface area contributed by atoms with Crippen LogP contribution < -0.4 is 5.32 Å². The Morgan fingerprint density at radius 1 is 1.00 bits per heavy atom. The van der Waals surface area contributed by atoms with Gasteiger partial charge in [0.05, 0.1) is 6.10 Å². The van der Waals surface area contributed by atoms with Crippen LogP contribution in [0.2, 0.25) is 0 Å². The van der Waals surface area contributed by atoms with Crippen LogP contribution in [0.15, 0.2) is 48.8 Å². The molecule has 0 spiro atoms. The highest BCUT2D eigenvalue weighted by atomic mass is 16.3. The first-order valence-corrected chi connectivity index (χ1v) is 7.72. The van der Waals surface area contributed by atoms with E-state index < -0.39 is 0 Å². The van der Waals surface area contributed by atoms with Gasteiger partial charge in [-0.1, -0.05) is 18.2 Å². The largest absolute Gasteiger partial charge is 0.393 e. The van der Waals surface area contributed by atoms with Crippen LogP contribution in [0.3, 0.4) is 0 Å². The quantitative estimate of drug-likeness (QED) is 0.905. The van der Waals surface area contributed by atoms with Crippen molar-refractivity contribution in [3.63, 3.8) is 0 Å². The lowest BCUT2D eigenvalue weighted by Crippen LogP contribution is -2.34. The van der Waals surface area contributed by atoms with E-state index in [4.69, 9.17) is 0 Å². The smallest absolute Gasteiger partial charge is 0.0541 e. The van der Waals surface area contributed by atoms with Crippen molar-refractivity contribution in [2.75, 3.05) is 0 Å². The number of nitrogens with zero attached hydrogens (tertiary/aromatic N) is 1. The molecule has 110 valence electrons. The van der Waals surface area contributed by atoms with Crippen molar-refractivity contribution in [3.8, 4) is 11.1 Å². The molecule has 3 heteroatoms. The van der Waals surface area contributed by atoms with Crippen molar-refractivity contribution in [1.82, 2.24) is 10.3 Å². The zero-order chi connectivity index (χ0) is 14.5. The lowest BCUT2D eigenvalue weighted by molar-refractivity contribution is 0.116. The molecule has 0 radical (unpaired) electrons. The maximum absolute atomic E-state index is 9.54. The minimum absolute atomic E-state index is 0.0851. The molecule has 1 aromatic heterocycles. The third-order valence-electron chi connectivity index (χ3n) is 4.23. The summed E-state index contributed by atoms with van der Waals surface area (Å²) in [6.45, 7) is 0.889. The van der Waals surface area contributed by atoms with E-state index in [-0.39, 0.29) is 6.10 Å². The van der Waals surface area contributed by atoms with Crippen molar-refractivity contribution in [2.24, 2.45) is 0 Å². The Bertz CT molecular complexity index is 562. The number of benzene rings is 1. The van der Waals surface area contributed by atoms with Gasteiger partial charge in [-0.3, -0.25) is 4.98 Å². The second-order valence-corrected chi connectivity index (χ2v) is 5.82. The van der Waals surface area contributed by atoms with Gasteiger partial charge in [-0.2, -0.15) is 0 Å². The number of hydrogen-bond donors (Lipinski definition) is 2. The molecule has 1 saturated carbocycles. The Hall–Kier alpha value is -1.71. The van der Waals surface area contributed by atoms with E-state index in [2.05, 4.69) is 34.6 Å². The topological polar surface area (TPSA) is 45.1 Å². The number of pyridine rings is 1. The first kappa shape index (κ1) is 14.2. The number of aromatic nitrogens is 1. The number of nitrogens with one attached hydrogen (secondary N) is 1. The molecule has 3 nitrogen and oxygen atoms in total. The van der Waals surface area contributed by atoms with Crippen LogP contribution in [0.25, 0.3) is 11.1 Å². The van der Waals surface area contributed by atoms with E-state index in [1.165, 1.54) is 16.7 Å². The summed E-state index contributed by atoms with van der Waals surface area (Å²) < 4.78 is 0. The minimum Gasteiger partial charge on any atom is -0.393 e. The summed E-state index contributed by atoms with van der Waals surface area (Å²) in [4.78, 5) is 4.06. The van der Waals surface area contributed by atoms with E-state index in [9.17, 15) is 5.11 Å². The molecule has 0 bridgehead atoms. The lowest BCUT2D eigenvalue weighted by atomic mass is 9.93. The Kier molecular flexibility index (Phi) is 4.63. The van der Waals surface area contributed by atoms with E-state index >= 15 is 0 Å². The monoisotopic (exact) mass is 282 g/mol. The van der Waals surface area contributed by atoms with Crippen molar-refractivity contribution >= 4 is 0 Å². The van der Waals surface area contributed by atoms with Gasteiger partial charge in [-0.15, -0.1) is 0 Å². The molecule has 0 aliphatic heterocycles. The maximum Gasteiger partial charge on any atom is 0.0541 e. The number of rotatable bonds is 4. The summed E-state index contributed by atoms with van der Waals surface area (Å²) in [6.07, 6.45) is 7.57. The molecule has 2 aromatic rings. The second-order valence-electron chi connectivity index (χ2n) is 5.82. The van der Waals surface area contributed by atoms with Gasteiger partial charge in [0, 0.05) is 25.0 Å². The highest BCUT2D eigenvalue weighted by Gasteiger charge is 2.18. The predicted molar refractivity (Wildman–Crippen MR) is 84.8 cm³/mol. The molecule has 1 aliphatic rings. The summed E-state index contributed by atoms with van der Waals surface area (Å²) in [5, 5.41) is 13.2. The first-order chi connectivity index (χ1) is 10.3. The fourth-order valence-corrected chi connectivity index (χ4v) is 2.95. The molecule has 2 N–H and O–H groups in total. The van der Waals surface area contributed by atoms with Gasteiger partial charge in [0.1, 0.15) is 0 Å². The number of aliphatic hydroxyl groups excluding tert-OH is 1. The van der Waals surface area contributed by atoms with Crippen LogP contribution in [0.1, 0.15) is 31.2 Å². The maximum atomic E-state index is 9.54. The standard InChI is InChI=1S/C18H22N2O/c21-18-6-4-17(5-7-18)20-13-14-2-1-3-16(12-14)15-8-10-19-11-9-15/h1-3,8-12,17-18,20-21H,4-7,13H2. The molecule has 0 amide bonds. The van der Waals surface area contributed by atoms with E-state index in [0.29, 0.717) is 6.04 Å². The van der Waals surface area contributed by atoms with Crippen LogP contribution in [0, 0.1) is 0 Å². The summed E-state index contributed by atoms with van der Waals surface area (Å²) in [5.74, 6) is 0. The van der Waals surface area contributed by atoms with Gasteiger partial charge in [-0.25, -0.2) is 0 Å². The summed E-state index contributed by atoms with van der Waals surface area (Å²) in [6, 6.07) is 13.3. The summed E-state index contributed by atoms with van der Waals surface area (Å²) in [7, 11) is 0. The second kappa shape index (κ2) is 6.83. The Labute approximate surface area is 126 Å². The SMILES string of the molecule is OC1CCC(NCc2cccc(-c3ccncc3)c2)CC1. The normalized spacial score (nSPS) is 22.1. The van der Waals surface area contributed by atoms with Crippen LogP contribution >= 0.6 is 0 Å². The van der Waals surface area contributed by atoms with Crippen LogP contribution in [-0.4, -0.2) is 22.2 Å². The van der Waals surface area contributed by atoms with E-state index in [0.717, 1.165) is 32.2 Å². The molecule has 1 aliphatic carbocycles. The Morgan fingerprint density at radius 2 is 1.76 bits per heavy atom. The minimum atomic E-state index is -0.0851. The lowest BCUT2D eigenvalue weighted by Gasteiger charge is -2.26. The average molecular weight is 282 g/mol. The van der Waals surface area contributed by atoms with Gasteiger partial charge in [-0.05, 0) is 60.6 Å². The van der Waals surface area contributed by atoms with Crippen LogP contribution in [0.5, 0.6) is 0 Å². The molecular weight excluding hydrogens is 260 g/mol. The zero-order valence-electron chi connectivity index (χ0n) is 12.2. The third kappa shape index (κ3) is 3.90. The van der Waals surface area contributed by atoms with Gasteiger partial charge in [0.25, 0.3) is 0 Å². The Balaban J connectivity index is 1.61. The highest BCUT2D eigenvalue weighted by molar-refractivity contribution is 5.63. The number of hydrogen-bond acceptors (Lipinski definition) is 3. The van der Waals surface area contributed by atoms with Crippen LogP contribution in [0.4, 0.5) is 0 Å². The molecule has 0 unspecified atom stereocenters. The van der Waals surface area contributed by atoms with Crippen molar-refractivity contribution in [1.29, 1.82) is 0 Å². The first-order valence-electron chi connectivity index (χ1n) is 7.72. The van der Waals surface area contributed by atoms with Crippen molar-refractivity contribution in [3.05, 3.63) is 54.4 Å². The molecule has 21 heavy (non-hydrogen) atoms. The highest BCUT2D eigenvalue weighted by Crippen LogP contribution is 2.21. The fraction of sp³-hybridized carbons (Fsp3) is 0.389.